The minimum absolute atomic E-state index is 0.119. The standard InChI is InChI=1S/C16H22N4O3S2/c1-19-11-8-17-14(19)5-7-18-16(21)15-13(6-12-24-15)25(22,23)20-9-3-2-4-10-20/h6,8,11-12H,2-5,7,9-10H2,1H3,(H,18,21). The second-order valence-corrected chi connectivity index (χ2v) is 8.86. The summed E-state index contributed by atoms with van der Waals surface area (Å²) in [5.74, 6) is 0.521. The number of thiophene rings is 1. The molecule has 1 aliphatic rings. The van der Waals surface area contributed by atoms with Gasteiger partial charge in [0.1, 0.15) is 15.6 Å². The van der Waals surface area contributed by atoms with Gasteiger partial charge in [-0.1, -0.05) is 6.42 Å². The molecule has 2 aromatic rings. The minimum atomic E-state index is -3.60. The Kier molecular flexibility index (Phi) is 5.55. The molecule has 25 heavy (non-hydrogen) atoms. The van der Waals surface area contributed by atoms with Gasteiger partial charge < -0.3 is 9.88 Å². The van der Waals surface area contributed by atoms with Crippen LogP contribution in [0.5, 0.6) is 0 Å². The van der Waals surface area contributed by atoms with E-state index in [2.05, 4.69) is 10.3 Å². The lowest BCUT2D eigenvalue weighted by Gasteiger charge is -2.25. The van der Waals surface area contributed by atoms with E-state index in [9.17, 15) is 13.2 Å². The number of carbonyl (C=O) groups excluding carboxylic acids is 1. The summed E-state index contributed by atoms with van der Waals surface area (Å²) < 4.78 is 29.0. The third-order valence-electron chi connectivity index (χ3n) is 4.32. The Bertz CT molecular complexity index is 835. The van der Waals surface area contributed by atoms with Gasteiger partial charge >= 0.3 is 0 Å². The van der Waals surface area contributed by atoms with Gasteiger partial charge in [0, 0.05) is 45.5 Å². The number of aromatic nitrogens is 2. The van der Waals surface area contributed by atoms with E-state index in [0.29, 0.717) is 26.1 Å². The Morgan fingerprint density at radius 3 is 2.76 bits per heavy atom. The average molecular weight is 383 g/mol. The van der Waals surface area contributed by atoms with Gasteiger partial charge in [-0.3, -0.25) is 4.79 Å². The van der Waals surface area contributed by atoms with Crippen molar-refractivity contribution >= 4 is 27.3 Å². The van der Waals surface area contributed by atoms with E-state index >= 15 is 0 Å². The lowest BCUT2D eigenvalue weighted by molar-refractivity contribution is 0.0955. The fourth-order valence-corrected chi connectivity index (χ4v) is 5.75. The number of hydrogen-bond acceptors (Lipinski definition) is 5. The summed E-state index contributed by atoms with van der Waals surface area (Å²) in [5.41, 5.74) is 0. The molecule has 0 unspecified atom stereocenters. The zero-order valence-corrected chi connectivity index (χ0v) is 15.8. The van der Waals surface area contributed by atoms with Crippen molar-refractivity contribution < 1.29 is 13.2 Å². The first-order valence-electron chi connectivity index (χ1n) is 8.32. The molecule has 1 N–H and O–H groups in total. The number of carbonyl (C=O) groups is 1. The van der Waals surface area contributed by atoms with Crippen molar-refractivity contribution in [2.45, 2.75) is 30.6 Å². The van der Waals surface area contributed by atoms with Crippen molar-refractivity contribution in [1.29, 1.82) is 0 Å². The van der Waals surface area contributed by atoms with Crippen LogP contribution in [0.2, 0.25) is 0 Å². The van der Waals surface area contributed by atoms with Gasteiger partial charge in [-0.2, -0.15) is 4.31 Å². The summed E-state index contributed by atoms with van der Waals surface area (Å²) in [6, 6.07) is 1.53. The topological polar surface area (TPSA) is 84.3 Å². The number of piperidine rings is 1. The lowest BCUT2D eigenvalue weighted by atomic mass is 10.2. The smallest absolute Gasteiger partial charge is 0.262 e. The molecule has 1 saturated heterocycles. The van der Waals surface area contributed by atoms with Crippen LogP contribution >= 0.6 is 11.3 Å². The summed E-state index contributed by atoms with van der Waals surface area (Å²) in [5, 5.41) is 4.46. The third-order valence-corrected chi connectivity index (χ3v) is 7.31. The molecule has 0 saturated carbocycles. The van der Waals surface area contributed by atoms with Crippen LogP contribution < -0.4 is 5.32 Å². The first-order valence-corrected chi connectivity index (χ1v) is 10.6. The molecule has 1 fully saturated rings. The predicted molar refractivity (Wildman–Crippen MR) is 96.2 cm³/mol. The van der Waals surface area contributed by atoms with Gasteiger partial charge in [-0.15, -0.1) is 11.3 Å². The molecule has 0 radical (unpaired) electrons. The summed E-state index contributed by atoms with van der Waals surface area (Å²) in [7, 11) is -1.71. The number of sulfonamides is 1. The van der Waals surface area contributed by atoms with Gasteiger partial charge in [0.25, 0.3) is 5.91 Å². The van der Waals surface area contributed by atoms with Crippen molar-refractivity contribution in [3.8, 4) is 0 Å². The van der Waals surface area contributed by atoms with Gasteiger partial charge in [0.05, 0.1) is 0 Å². The summed E-state index contributed by atoms with van der Waals surface area (Å²) >= 11 is 1.16. The molecule has 0 aromatic carbocycles. The molecule has 1 aliphatic heterocycles. The van der Waals surface area contributed by atoms with Crippen LogP contribution in [-0.4, -0.2) is 47.8 Å². The van der Waals surface area contributed by atoms with Crippen LogP contribution in [0.25, 0.3) is 0 Å². The molecule has 3 rings (SSSR count). The first kappa shape index (κ1) is 18.1. The number of hydrogen-bond donors (Lipinski definition) is 1. The van der Waals surface area contributed by atoms with Crippen molar-refractivity contribution in [3.63, 3.8) is 0 Å². The highest BCUT2D eigenvalue weighted by Crippen LogP contribution is 2.27. The molecular weight excluding hydrogens is 360 g/mol. The SMILES string of the molecule is Cn1ccnc1CCNC(=O)c1sccc1S(=O)(=O)N1CCCCC1. The molecule has 2 aromatic heterocycles. The number of amides is 1. The summed E-state index contributed by atoms with van der Waals surface area (Å²) in [4.78, 5) is 17.0. The molecule has 0 spiro atoms. The molecule has 0 atom stereocenters. The molecule has 136 valence electrons. The first-order chi connectivity index (χ1) is 12.0. The maximum Gasteiger partial charge on any atom is 0.262 e. The van der Waals surface area contributed by atoms with Crippen molar-refractivity contribution in [3.05, 3.63) is 34.5 Å². The second kappa shape index (κ2) is 7.67. The van der Waals surface area contributed by atoms with Crippen molar-refractivity contribution in [2.24, 2.45) is 7.05 Å². The highest BCUT2D eigenvalue weighted by Gasteiger charge is 2.30. The Hall–Kier alpha value is -1.71. The Labute approximate surface area is 151 Å². The van der Waals surface area contributed by atoms with E-state index in [1.165, 1.54) is 10.4 Å². The van der Waals surface area contributed by atoms with E-state index in [4.69, 9.17) is 0 Å². The average Bonchev–Trinajstić information content (AvgIpc) is 3.25. The van der Waals surface area contributed by atoms with Crippen LogP contribution in [0, 0.1) is 0 Å². The number of aryl methyl sites for hydroxylation is 1. The Balaban J connectivity index is 1.68. The maximum atomic E-state index is 12.8. The second-order valence-electron chi connectivity index (χ2n) is 6.04. The fourth-order valence-electron chi connectivity index (χ4n) is 2.92. The van der Waals surface area contributed by atoms with Gasteiger partial charge in [-0.25, -0.2) is 13.4 Å². The van der Waals surface area contributed by atoms with E-state index in [1.807, 2.05) is 17.8 Å². The third kappa shape index (κ3) is 3.94. The molecule has 0 bridgehead atoms. The zero-order valence-electron chi connectivity index (χ0n) is 14.1. The van der Waals surface area contributed by atoms with Gasteiger partial charge in [-0.05, 0) is 24.3 Å². The summed E-state index contributed by atoms with van der Waals surface area (Å²) in [6.07, 6.45) is 6.94. The monoisotopic (exact) mass is 382 g/mol. The normalized spacial score (nSPS) is 16.0. The van der Waals surface area contributed by atoms with Crippen LogP contribution in [-0.2, 0) is 23.5 Å². The molecular formula is C16H22N4O3S2. The highest BCUT2D eigenvalue weighted by molar-refractivity contribution is 7.89. The van der Waals surface area contributed by atoms with Crippen LogP contribution in [0.15, 0.2) is 28.7 Å². The number of nitrogens with zero attached hydrogens (tertiary/aromatic N) is 3. The molecule has 3 heterocycles. The maximum absolute atomic E-state index is 12.8. The van der Waals surface area contributed by atoms with E-state index in [-0.39, 0.29) is 15.7 Å². The van der Waals surface area contributed by atoms with Gasteiger partial charge in [0.2, 0.25) is 10.0 Å². The van der Waals surface area contributed by atoms with Crippen molar-refractivity contribution in [2.75, 3.05) is 19.6 Å². The molecule has 1 amide bonds. The Morgan fingerprint density at radius 2 is 2.08 bits per heavy atom. The van der Waals surface area contributed by atoms with Crippen LogP contribution in [0.4, 0.5) is 0 Å². The van der Waals surface area contributed by atoms with Crippen molar-refractivity contribution in [1.82, 2.24) is 19.2 Å². The van der Waals surface area contributed by atoms with Crippen LogP contribution in [0.1, 0.15) is 34.8 Å². The number of imidazole rings is 1. The Morgan fingerprint density at radius 1 is 1.32 bits per heavy atom. The highest BCUT2D eigenvalue weighted by atomic mass is 32.2. The quantitative estimate of drug-likeness (QED) is 0.823. The largest absolute Gasteiger partial charge is 0.351 e. The molecule has 0 aliphatic carbocycles. The summed E-state index contributed by atoms with van der Waals surface area (Å²) in [6.45, 7) is 1.46. The lowest BCUT2D eigenvalue weighted by Crippen LogP contribution is -2.36. The minimum Gasteiger partial charge on any atom is -0.351 e. The zero-order chi connectivity index (χ0) is 17.9. The molecule has 9 heteroatoms. The predicted octanol–water partition coefficient (Wildman–Crippen LogP) is 1.63. The number of nitrogens with one attached hydrogen (secondary N) is 1. The number of rotatable bonds is 6. The van der Waals surface area contributed by atoms with E-state index in [0.717, 1.165) is 36.4 Å². The van der Waals surface area contributed by atoms with Crippen LogP contribution in [0.3, 0.4) is 0 Å². The fraction of sp³-hybridized carbons (Fsp3) is 0.500. The van der Waals surface area contributed by atoms with Gasteiger partial charge in [0.15, 0.2) is 0 Å². The molecule has 7 nitrogen and oxygen atoms in total. The van der Waals surface area contributed by atoms with E-state index < -0.39 is 10.0 Å². The van der Waals surface area contributed by atoms with E-state index in [1.54, 1.807) is 11.6 Å².